The second-order valence-electron chi connectivity index (χ2n) is 8.72. The van der Waals surface area contributed by atoms with Crippen molar-refractivity contribution in [2.45, 2.75) is 39.3 Å². The largest absolute Gasteiger partial charge is 0.460 e. The van der Waals surface area contributed by atoms with Crippen molar-refractivity contribution in [1.29, 1.82) is 0 Å². The molecule has 2 amide bonds. The number of furan rings is 1. The number of aromatic nitrogens is 2. The van der Waals surface area contributed by atoms with Gasteiger partial charge in [0.2, 0.25) is 0 Å². The van der Waals surface area contributed by atoms with E-state index in [0.29, 0.717) is 57.8 Å². The van der Waals surface area contributed by atoms with Crippen LogP contribution in [0.1, 0.15) is 45.4 Å². The summed E-state index contributed by atoms with van der Waals surface area (Å²) in [7, 11) is 1.58. The van der Waals surface area contributed by atoms with Gasteiger partial charge < -0.3 is 24.5 Å². The number of likely N-dealkylation sites (tertiary alicyclic amines) is 1. The fraction of sp³-hybridized carbons (Fsp3) is 0.320. The number of carbonyl (C=O) groups is 2. The van der Waals surface area contributed by atoms with Crippen LogP contribution in [0.2, 0.25) is 0 Å². The van der Waals surface area contributed by atoms with Crippen molar-refractivity contribution in [1.82, 2.24) is 19.8 Å². The lowest BCUT2D eigenvalue weighted by atomic mass is 10.1. The number of benzene rings is 1. The van der Waals surface area contributed by atoms with Gasteiger partial charge in [-0.3, -0.25) is 9.59 Å². The topological polar surface area (TPSA) is 109 Å². The minimum absolute atomic E-state index is 0.0308. The average molecular weight is 463 g/mol. The first-order valence-electron chi connectivity index (χ1n) is 11.2. The number of β-amino-alcohol motifs (C(OH)–C–C–N with tert-alkyl or cyclic N) is 1. The molecule has 0 saturated carbocycles. The van der Waals surface area contributed by atoms with Gasteiger partial charge >= 0.3 is 0 Å². The Hall–Kier alpha value is -3.85. The van der Waals surface area contributed by atoms with Crippen molar-refractivity contribution in [2.75, 3.05) is 13.6 Å². The summed E-state index contributed by atoms with van der Waals surface area (Å²) < 4.78 is 13.6. The summed E-state index contributed by atoms with van der Waals surface area (Å²) in [5.41, 5.74) is 3.00. The second kappa shape index (κ2) is 8.18. The molecule has 1 aromatic carbocycles. The van der Waals surface area contributed by atoms with Gasteiger partial charge in [0.05, 0.1) is 23.4 Å². The Bertz CT molecular complexity index is 1440. The highest BCUT2D eigenvalue weighted by atomic mass is 16.5. The van der Waals surface area contributed by atoms with E-state index in [1.165, 1.54) is 0 Å². The molecule has 0 bridgehead atoms. The molecule has 9 nitrogen and oxygen atoms in total. The Labute approximate surface area is 195 Å². The highest BCUT2D eigenvalue weighted by Gasteiger charge is 2.33. The van der Waals surface area contributed by atoms with Crippen molar-refractivity contribution in [3.05, 3.63) is 59.1 Å². The number of nitrogens with zero attached hydrogens (tertiary/aromatic N) is 3. The predicted molar refractivity (Wildman–Crippen MR) is 125 cm³/mol. The standard InChI is InChI=1S/C25H26N4O5/c1-13-9-16(30)11-28(13)25(32)19-12-29-23(14(19)2)20(7-8-27-29)34-17-5-6-18-21(10-17)33-15(3)22(18)24(31)26-4/h5-8,10,12-13,16,30H,9,11H2,1-4H3,(H,26,31)/t13-,16-/m0/s1. The fourth-order valence-electron chi connectivity index (χ4n) is 4.76. The van der Waals surface area contributed by atoms with E-state index in [9.17, 15) is 14.7 Å². The van der Waals surface area contributed by atoms with Crippen LogP contribution in [-0.4, -0.2) is 57.2 Å². The van der Waals surface area contributed by atoms with Crippen LogP contribution in [-0.2, 0) is 0 Å². The molecule has 4 aromatic rings. The Morgan fingerprint density at radius 2 is 2.06 bits per heavy atom. The van der Waals surface area contributed by atoms with E-state index in [4.69, 9.17) is 9.15 Å². The smallest absolute Gasteiger partial charge is 0.256 e. The van der Waals surface area contributed by atoms with E-state index < -0.39 is 6.10 Å². The second-order valence-corrected chi connectivity index (χ2v) is 8.72. The third kappa shape index (κ3) is 3.49. The van der Waals surface area contributed by atoms with Crippen molar-refractivity contribution >= 4 is 28.3 Å². The van der Waals surface area contributed by atoms with E-state index in [1.807, 2.05) is 13.8 Å². The number of aryl methyl sites for hydroxylation is 2. The maximum absolute atomic E-state index is 13.2. The molecule has 1 saturated heterocycles. The van der Waals surface area contributed by atoms with Gasteiger partial charge in [0.15, 0.2) is 5.75 Å². The van der Waals surface area contributed by atoms with Crippen molar-refractivity contribution in [3.8, 4) is 11.5 Å². The molecule has 0 radical (unpaired) electrons. The molecule has 0 spiro atoms. The highest BCUT2D eigenvalue weighted by Crippen LogP contribution is 2.34. The van der Waals surface area contributed by atoms with Crippen LogP contribution in [0.5, 0.6) is 11.5 Å². The normalized spacial score (nSPS) is 18.1. The maximum atomic E-state index is 13.2. The molecule has 176 valence electrons. The molecule has 34 heavy (non-hydrogen) atoms. The van der Waals surface area contributed by atoms with Crippen LogP contribution < -0.4 is 10.1 Å². The van der Waals surface area contributed by atoms with Crippen LogP contribution >= 0.6 is 0 Å². The number of nitrogens with one attached hydrogen (secondary N) is 1. The minimum atomic E-state index is -0.502. The number of carbonyl (C=O) groups excluding carboxylic acids is 2. The quantitative estimate of drug-likeness (QED) is 0.481. The third-order valence-corrected chi connectivity index (χ3v) is 6.45. The van der Waals surface area contributed by atoms with Gasteiger partial charge in [0, 0.05) is 43.4 Å². The van der Waals surface area contributed by atoms with Gasteiger partial charge in [0.1, 0.15) is 22.6 Å². The SMILES string of the molecule is CNC(=O)c1c(C)oc2cc(Oc3ccnn4cc(C(=O)N5C[C@@H](O)C[C@@H]5C)c(C)c34)ccc12. The first-order valence-corrected chi connectivity index (χ1v) is 11.2. The monoisotopic (exact) mass is 462 g/mol. The first kappa shape index (κ1) is 22.0. The fourth-order valence-corrected chi connectivity index (χ4v) is 4.76. The molecule has 0 unspecified atom stereocenters. The lowest BCUT2D eigenvalue weighted by Gasteiger charge is -2.20. The Kier molecular flexibility index (Phi) is 5.28. The number of rotatable bonds is 4. The van der Waals surface area contributed by atoms with Crippen LogP contribution in [0.4, 0.5) is 0 Å². The Morgan fingerprint density at radius 3 is 2.76 bits per heavy atom. The van der Waals surface area contributed by atoms with Crippen LogP contribution in [0.3, 0.4) is 0 Å². The van der Waals surface area contributed by atoms with Gasteiger partial charge in [-0.25, -0.2) is 4.52 Å². The zero-order valence-corrected chi connectivity index (χ0v) is 19.5. The number of hydrogen-bond acceptors (Lipinski definition) is 6. The minimum Gasteiger partial charge on any atom is -0.460 e. The summed E-state index contributed by atoms with van der Waals surface area (Å²) in [5.74, 6) is 1.26. The average Bonchev–Trinajstić information content (AvgIpc) is 3.44. The van der Waals surface area contributed by atoms with E-state index in [1.54, 1.807) is 60.0 Å². The third-order valence-electron chi connectivity index (χ3n) is 6.45. The lowest BCUT2D eigenvalue weighted by molar-refractivity contribution is 0.0725. The molecule has 2 N–H and O–H groups in total. The van der Waals surface area contributed by atoms with Crippen molar-refractivity contribution < 1.29 is 23.8 Å². The van der Waals surface area contributed by atoms with Crippen LogP contribution in [0.15, 0.2) is 41.1 Å². The van der Waals surface area contributed by atoms with Crippen molar-refractivity contribution in [2.24, 2.45) is 0 Å². The van der Waals surface area contributed by atoms with E-state index in [2.05, 4.69) is 10.4 Å². The number of aliphatic hydroxyl groups excluding tert-OH is 1. The van der Waals surface area contributed by atoms with Gasteiger partial charge in [-0.05, 0) is 44.9 Å². The van der Waals surface area contributed by atoms with Gasteiger partial charge in [0.25, 0.3) is 11.8 Å². The van der Waals surface area contributed by atoms with Gasteiger partial charge in [-0.1, -0.05) is 0 Å². The molecule has 2 atom stereocenters. The number of ether oxygens (including phenoxy) is 1. The molecule has 1 aliphatic rings. The zero-order valence-electron chi connectivity index (χ0n) is 19.5. The summed E-state index contributed by atoms with van der Waals surface area (Å²) >= 11 is 0. The van der Waals surface area contributed by atoms with E-state index in [0.717, 1.165) is 5.56 Å². The highest BCUT2D eigenvalue weighted by molar-refractivity contribution is 6.07. The molecule has 3 aromatic heterocycles. The van der Waals surface area contributed by atoms with Crippen LogP contribution in [0, 0.1) is 13.8 Å². The summed E-state index contributed by atoms with van der Waals surface area (Å²) in [4.78, 5) is 27.1. The van der Waals surface area contributed by atoms with Crippen molar-refractivity contribution in [3.63, 3.8) is 0 Å². The summed E-state index contributed by atoms with van der Waals surface area (Å²) in [6.45, 7) is 5.88. The molecule has 9 heteroatoms. The molecular formula is C25H26N4O5. The van der Waals surface area contributed by atoms with E-state index >= 15 is 0 Å². The van der Waals surface area contributed by atoms with Crippen LogP contribution in [0.25, 0.3) is 16.5 Å². The lowest BCUT2D eigenvalue weighted by Crippen LogP contribution is -2.34. The Morgan fingerprint density at radius 1 is 1.26 bits per heavy atom. The van der Waals surface area contributed by atoms with Gasteiger partial charge in [-0.2, -0.15) is 5.10 Å². The predicted octanol–water partition coefficient (Wildman–Crippen LogP) is 3.44. The number of amides is 2. The molecule has 0 aliphatic carbocycles. The maximum Gasteiger partial charge on any atom is 0.256 e. The zero-order chi connectivity index (χ0) is 24.1. The summed E-state index contributed by atoms with van der Waals surface area (Å²) in [6, 6.07) is 7.02. The number of fused-ring (bicyclic) bond motifs is 2. The molecular weight excluding hydrogens is 436 g/mol. The number of aliphatic hydroxyl groups is 1. The first-order chi connectivity index (χ1) is 16.3. The molecule has 1 aliphatic heterocycles. The molecule has 4 heterocycles. The summed E-state index contributed by atoms with van der Waals surface area (Å²) in [6.07, 6.45) is 3.38. The molecule has 1 fully saturated rings. The van der Waals surface area contributed by atoms with E-state index in [-0.39, 0.29) is 17.9 Å². The summed E-state index contributed by atoms with van der Waals surface area (Å²) in [5, 5.41) is 17.7. The Balaban J connectivity index is 1.51. The number of hydrogen-bond donors (Lipinski definition) is 2. The van der Waals surface area contributed by atoms with Gasteiger partial charge in [-0.15, -0.1) is 0 Å². The molecule has 5 rings (SSSR count).